The third kappa shape index (κ3) is 0.796. The van der Waals surface area contributed by atoms with Crippen molar-refractivity contribution in [3.05, 3.63) is 0 Å². The van der Waals surface area contributed by atoms with Crippen molar-refractivity contribution in [1.29, 1.82) is 0 Å². The van der Waals surface area contributed by atoms with Crippen molar-refractivity contribution < 1.29 is 19.1 Å². The highest BCUT2D eigenvalue weighted by atomic mass is 16.5. The van der Waals surface area contributed by atoms with Crippen molar-refractivity contribution in [2.75, 3.05) is 14.2 Å². The molecule has 6 rings (SSSR count). The smallest absolute Gasteiger partial charge is 0.312 e. The van der Waals surface area contributed by atoms with Crippen LogP contribution < -0.4 is 0 Å². The predicted molar refractivity (Wildman–Crippen MR) is 63.7 cm³/mol. The van der Waals surface area contributed by atoms with Crippen molar-refractivity contribution in [2.45, 2.75) is 19.3 Å². The molecule has 0 N–H and O–H groups in total. The van der Waals surface area contributed by atoms with E-state index in [-0.39, 0.29) is 22.8 Å². The number of methoxy groups -OCH3 is 2. The summed E-state index contributed by atoms with van der Waals surface area (Å²) in [6, 6.07) is 0. The van der Waals surface area contributed by atoms with Crippen LogP contribution in [-0.2, 0) is 19.1 Å². The molecule has 0 aromatic rings. The van der Waals surface area contributed by atoms with Gasteiger partial charge in [0.2, 0.25) is 0 Å². The summed E-state index contributed by atoms with van der Waals surface area (Å²) < 4.78 is 10.3. The summed E-state index contributed by atoms with van der Waals surface area (Å²) in [5, 5.41) is 0. The van der Waals surface area contributed by atoms with Crippen molar-refractivity contribution in [2.24, 2.45) is 46.3 Å². The Balaban J connectivity index is 1.67. The van der Waals surface area contributed by atoms with Gasteiger partial charge in [-0.25, -0.2) is 0 Å². The number of esters is 2. The topological polar surface area (TPSA) is 52.6 Å². The van der Waals surface area contributed by atoms with Crippen LogP contribution in [0.1, 0.15) is 19.3 Å². The van der Waals surface area contributed by atoms with Crippen LogP contribution in [0.2, 0.25) is 0 Å². The first-order chi connectivity index (χ1) is 9.14. The molecule has 6 aliphatic carbocycles. The highest BCUT2D eigenvalue weighted by Crippen LogP contribution is 2.92. The number of carbonyl (C=O) groups is 2. The van der Waals surface area contributed by atoms with E-state index in [0.29, 0.717) is 35.5 Å². The Morgan fingerprint density at radius 1 is 0.737 bits per heavy atom. The highest BCUT2D eigenvalue weighted by molar-refractivity contribution is 5.88. The van der Waals surface area contributed by atoms with Gasteiger partial charge in [0.1, 0.15) is 0 Å². The maximum absolute atomic E-state index is 12.5. The van der Waals surface area contributed by atoms with Crippen LogP contribution in [0.25, 0.3) is 0 Å². The van der Waals surface area contributed by atoms with Gasteiger partial charge in [-0.3, -0.25) is 9.59 Å². The zero-order valence-corrected chi connectivity index (χ0v) is 11.2. The molecule has 0 amide bonds. The van der Waals surface area contributed by atoms with E-state index in [9.17, 15) is 9.59 Å². The number of carbonyl (C=O) groups excluding carboxylic acids is 2. The Kier molecular flexibility index (Phi) is 1.52. The van der Waals surface area contributed by atoms with Crippen molar-refractivity contribution in [3.63, 3.8) is 0 Å². The van der Waals surface area contributed by atoms with Gasteiger partial charge in [0.15, 0.2) is 0 Å². The lowest BCUT2D eigenvalue weighted by Gasteiger charge is -2.48. The van der Waals surface area contributed by atoms with Gasteiger partial charge in [-0.1, -0.05) is 0 Å². The molecular weight excluding hydrogens is 244 g/mol. The van der Waals surface area contributed by atoms with E-state index in [1.54, 1.807) is 0 Å². The summed E-state index contributed by atoms with van der Waals surface area (Å²) in [7, 11) is 3.03. The molecule has 0 aliphatic heterocycles. The van der Waals surface area contributed by atoms with Crippen molar-refractivity contribution in [3.8, 4) is 0 Å². The van der Waals surface area contributed by atoms with Gasteiger partial charge < -0.3 is 9.47 Å². The molecule has 102 valence electrons. The van der Waals surface area contributed by atoms with Crippen LogP contribution in [0, 0.1) is 46.3 Å². The van der Waals surface area contributed by atoms with Crippen LogP contribution >= 0.6 is 0 Å². The first-order valence-electron chi connectivity index (χ1n) is 7.31. The fourth-order valence-corrected chi connectivity index (χ4v) is 6.66. The Bertz CT molecular complexity index is 432. The normalized spacial score (nSPS) is 61.4. The second-order valence-corrected chi connectivity index (χ2v) is 7.20. The first kappa shape index (κ1) is 10.7. The second kappa shape index (κ2) is 2.70. The molecule has 6 aliphatic rings. The summed E-state index contributed by atoms with van der Waals surface area (Å²) in [4.78, 5) is 24.9. The monoisotopic (exact) mass is 262 g/mol. The number of rotatable bonds is 2. The Hall–Kier alpha value is -1.06. The van der Waals surface area contributed by atoms with Gasteiger partial charge in [-0.15, -0.1) is 0 Å². The van der Waals surface area contributed by atoms with Crippen LogP contribution in [-0.4, -0.2) is 26.2 Å². The number of hydrogen-bond acceptors (Lipinski definition) is 4. The van der Waals surface area contributed by atoms with Crippen LogP contribution in [0.4, 0.5) is 0 Å². The molecule has 4 nitrogen and oxygen atoms in total. The van der Waals surface area contributed by atoms with Crippen LogP contribution in [0.3, 0.4) is 0 Å². The van der Waals surface area contributed by atoms with E-state index >= 15 is 0 Å². The van der Waals surface area contributed by atoms with E-state index in [4.69, 9.17) is 9.47 Å². The van der Waals surface area contributed by atoms with Gasteiger partial charge in [-0.2, -0.15) is 0 Å². The third-order valence-electron chi connectivity index (χ3n) is 7.13. The average molecular weight is 262 g/mol. The molecule has 0 spiro atoms. The minimum absolute atomic E-state index is 0.0122. The molecule has 0 aromatic carbocycles. The second-order valence-electron chi connectivity index (χ2n) is 7.20. The quantitative estimate of drug-likeness (QED) is 0.703. The van der Waals surface area contributed by atoms with Crippen LogP contribution in [0.5, 0.6) is 0 Å². The first-order valence-corrected chi connectivity index (χ1v) is 7.31. The van der Waals surface area contributed by atoms with Gasteiger partial charge in [-0.05, 0) is 54.8 Å². The molecule has 6 atom stereocenters. The maximum atomic E-state index is 12.5. The molecular formula is C15H18O4. The molecule has 0 heterocycles. The summed E-state index contributed by atoms with van der Waals surface area (Å²) in [5.74, 6) is 2.39. The third-order valence-corrected chi connectivity index (χ3v) is 7.13. The lowest BCUT2D eigenvalue weighted by molar-refractivity contribution is -0.180. The van der Waals surface area contributed by atoms with Crippen molar-refractivity contribution in [1.82, 2.24) is 0 Å². The van der Waals surface area contributed by atoms with Gasteiger partial charge >= 0.3 is 11.9 Å². The molecule has 0 radical (unpaired) electrons. The minimum Gasteiger partial charge on any atom is -0.469 e. The van der Waals surface area contributed by atoms with E-state index in [2.05, 4.69) is 0 Å². The average Bonchev–Trinajstić information content (AvgIpc) is 3.25. The van der Waals surface area contributed by atoms with E-state index < -0.39 is 0 Å². The summed E-state index contributed by atoms with van der Waals surface area (Å²) in [6.07, 6.45) is 3.10. The Morgan fingerprint density at radius 3 is 1.21 bits per heavy atom. The molecule has 6 unspecified atom stereocenters. The standard InChI is InChI=1S/C15H18O4/c1-18-12(16)14-6-3-9(6)15(13(17)19-2,10-4-7(10)14)11-5-8(11)14/h6-11H,3-5H2,1-2H3. The Morgan fingerprint density at radius 2 is 1.00 bits per heavy atom. The molecule has 6 saturated carbocycles. The fraction of sp³-hybridized carbons (Fsp3) is 0.867. The number of hydrogen-bond donors (Lipinski definition) is 0. The van der Waals surface area contributed by atoms with E-state index in [1.165, 1.54) is 14.2 Å². The van der Waals surface area contributed by atoms with Crippen molar-refractivity contribution >= 4 is 11.9 Å². The molecule has 19 heavy (non-hydrogen) atoms. The summed E-state index contributed by atoms with van der Waals surface area (Å²) >= 11 is 0. The maximum Gasteiger partial charge on any atom is 0.312 e. The lowest BCUT2D eigenvalue weighted by atomic mass is 9.53. The number of ether oxygens (including phenoxy) is 2. The predicted octanol–water partition coefficient (Wildman–Crippen LogP) is 1.24. The molecule has 6 fully saturated rings. The SMILES string of the molecule is COC(=O)C12C3CC3C(C(=O)OC)(C3CC31)C1CC12. The zero-order chi connectivity index (χ0) is 13.2. The van der Waals surface area contributed by atoms with Gasteiger partial charge in [0.25, 0.3) is 0 Å². The Labute approximate surface area is 111 Å². The van der Waals surface area contributed by atoms with Crippen LogP contribution in [0.15, 0.2) is 0 Å². The molecule has 2 bridgehead atoms. The minimum atomic E-state index is -0.218. The fourth-order valence-electron chi connectivity index (χ4n) is 6.66. The largest absolute Gasteiger partial charge is 0.469 e. The highest BCUT2D eigenvalue weighted by Gasteiger charge is 2.93. The van der Waals surface area contributed by atoms with E-state index in [1.807, 2.05) is 0 Å². The van der Waals surface area contributed by atoms with Gasteiger partial charge in [0, 0.05) is 0 Å². The molecule has 4 heteroatoms. The van der Waals surface area contributed by atoms with Gasteiger partial charge in [0.05, 0.1) is 25.0 Å². The zero-order valence-electron chi connectivity index (χ0n) is 11.2. The lowest BCUT2D eigenvalue weighted by Crippen LogP contribution is -2.56. The molecule has 0 saturated heterocycles. The van der Waals surface area contributed by atoms with E-state index in [0.717, 1.165) is 19.3 Å². The molecule has 0 aromatic heterocycles. The summed E-state index contributed by atoms with van der Waals surface area (Å²) in [5.41, 5.74) is -0.435. The summed E-state index contributed by atoms with van der Waals surface area (Å²) in [6.45, 7) is 0.